The minimum Gasteiger partial charge on any atom is -0.294 e. The molecule has 0 saturated heterocycles. The molecule has 0 saturated carbocycles. The van der Waals surface area contributed by atoms with Crippen LogP contribution in [0.15, 0.2) is 24.3 Å². The maximum atomic E-state index is 12.6. The summed E-state index contributed by atoms with van der Waals surface area (Å²) in [5, 5.41) is 0. The topological polar surface area (TPSA) is 17.1 Å². The fourth-order valence-electron chi connectivity index (χ4n) is 1.67. The van der Waals surface area contributed by atoms with Crippen molar-refractivity contribution in [1.82, 2.24) is 0 Å². The van der Waals surface area contributed by atoms with E-state index in [0.717, 1.165) is 12.8 Å². The summed E-state index contributed by atoms with van der Waals surface area (Å²) >= 11 is 0. The molecule has 1 rings (SSSR count). The van der Waals surface area contributed by atoms with E-state index in [1.807, 2.05) is 0 Å². The molecule has 0 aliphatic heterocycles. The number of halogens is 1. The fourth-order valence-corrected chi connectivity index (χ4v) is 1.67. The van der Waals surface area contributed by atoms with Crippen molar-refractivity contribution in [3.8, 4) is 0 Å². The predicted molar refractivity (Wildman–Crippen MR) is 64.1 cm³/mol. The second-order valence-electron chi connectivity index (χ2n) is 4.09. The summed E-state index contributed by atoms with van der Waals surface area (Å²) in [5.74, 6) is -0.170. The van der Waals surface area contributed by atoms with Gasteiger partial charge in [0.1, 0.15) is 5.82 Å². The number of Topliss-reactive ketones (excluding diaryl/α,β-unsaturated/α-hetero) is 1. The highest BCUT2D eigenvalue weighted by Gasteiger charge is 2.04. The van der Waals surface area contributed by atoms with Crippen LogP contribution in [0.2, 0.25) is 0 Å². The number of unbranched alkanes of at least 4 members (excludes halogenated alkanes) is 4. The molecule has 2 heteroatoms. The van der Waals surface area contributed by atoms with Crippen LogP contribution in [0.5, 0.6) is 0 Å². The Morgan fingerprint density at radius 2 is 1.69 bits per heavy atom. The van der Waals surface area contributed by atoms with Gasteiger partial charge in [0.15, 0.2) is 5.78 Å². The molecular formula is C14H19FO. The molecule has 0 aliphatic rings. The summed E-state index contributed by atoms with van der Waals surface area (Å²) < 4.78 is 12.6. The molecule has 0 fully saturated rings. The number of carbonyl (C=O) groups is 1. The van der Waals surface area contributed by atoms with Gasteiger partial charge in [0.2, 0.25) is 0 Å². The van der Waals surface area contributed by atoms with Gasteiger partial charge in [-0.15, -0.1) is 0 Å². The van der Waals surface area contributed by atoms with Gasteiger partial charge in [0.05, 0.1) is 0 Å². The van der Waals surface area contributed by atoms with Crippen molar-refractivity contribution in [3.63, 3.8) is 0 Å². The van der Waals surface area contributed by atoms with Gasteiger partial charge in [-0.25, -0.2) is 4.39 Å². The van der Waals surface area contributed by atoms with E-state index in [-0.39, 0.29) is 11.6 Å². The molecule has 1 nitrogen and oxygen atoms in total. The molecule has 0 bridgehead atoms. The first-order valence-corrected chi connectivity index (χ1v) is 6.03. The van der Waals surface area contributed by atoms with Crippen LogP contribution in [0.1, 0.15) is 55.8 Å². The highest BCUT2D eigenvalue weighted by molar-refractivity contribution is 5.95. The van der Waals surface area contributed by atoms with Gasteiger partial charge in [0, 0.05) is 12.0 Å². The van der Waals surface area contributed by atoms with Crippen LogP contribution >= 0.6 is 0 Å². The van der Waals surface area contributed by atoms with Gasteiger partial charge in [-0.3, -0.25) is 4.79 Å². The fraction of sp³-hybridized carbons (Fsp3) is 0.500. The van der Waals surface area contributed by atoms with Crippen molar-refractivity contribution >= 4 is 5.78 Å². The van der Waals surface area contributed by atoms with E-state index in [9.17, 15) is 9.18 Å². The number of hydrogen-bond donors (Lipinski definition) is 0. The summed E-state index contributed by atoms with van der Waals surface area (Å²) in [4.78, 5) is 11.7. The molecule has 0 N–H and O–H groups in total. The Morgan fingerprint density at radius 3 is 2.31 bits per heavy atom. The first kappa shape index (κ1) is 12.9. The Bertz CT molecular complexity index is 316. The van der Waals surface area contributed by atoms with Crippen LogP contribution in [0.25, 0.3) is 0 Å². The van der Waals surface area contributed by atoms with Crippen LogP contribution in [-0.4, -0.2) is 5.78 Å². The van der Waals surface area contributed by atoms with Crippen LogP contribution in [0, 0.1) is 5.82 Å². The molecule has 0 unspecified atom stereocenters. The summed E-state index contributed by atoms with van der Waals surface area (Å²) in [6.07, 6.45) is 6.29. The lowest BCUT2D eigenvalue weighted by Crippen LogP contribution is -1.98. The zero-order chi connectivity index (χ0) is 11.8. The van der Waals surface area contributed by atoms with Crippen molar-refractivity contribution in [1.29, 1.82) is 0 Å². The number of benzene rings is 1. The summed E-state index contributed by atoms with van der Waals surface area (Å²) in [7, 11) is 0. The van der Waals surface area contributed by atoms with Crippen LogP contribution in [-0.2, 0) is 0 Å². The second-order valence-corrected chi connectivity index (χ2v) is 4.09. The first-order chi connectivity index (χ1) is 7.74. The average molecular weight is 222 g/mol. The molecule has 0 amide bonds. The van der Waals surface area contributed by atoms with E-state index < -0.39 is 0 Å². The number of carbonyl (C=O) groups excluding carboxylic acids is 1. The van der Waals surface area contributed by atoms with Gasteiger partial charge in [-0.2, -0.15) is 0 Å². The molecule has 0 heterocycles. The zero-order valence-corrected chi connectivity index (χ0v) is 9.84. The quantitative estimate of drug-likeness (QED) is 0.494. The molecule has 1 aromatic rings. The SMILES string of the molecule is CCCCCCCC(=O)c1ccc(F)cc1. The third-order valence-corrected chi connectivity index (χ3v) is 2.67. The van der Waals surface area contributed by atoms with E-state index in [0.29, 0.717) is 12.0 Å². The molecule has 1 aromatic carbocycles. The summed E-state index contributed by atoms with van der Waals surface area (Å²) in [6, 6.07) is 5.79. The van der Waals surface area contributed by atoms with Gasteiger partial charge in [0.25, 0.3) is 0 Å². The van der Waals surface area contributed by atoms with Crippen molar-refractivity contribution < 1.29 is 9.18 Å². The smallest absolute Gasteiger partial charge is 0.162 e. The standard InChI is InChI=1S/C14H19FO/c1-2-3-4-5-6-7-14(16)12-8-10-13(15)11-9-12/h8-11H,2-7H2,1H3. The average Bonchev–Trinajstić information content (AvgIpc) is 2.29. The predicted octanol–water partition coefficient (Wildman–Crippen LogP) is 4.37. The Labute approximate surface area is 96.7 Å². The lowest BCUT2D eigenvalue weighted by Gasteiger charge is -2.01. The zero-order valence-electron chi connectivity index (χ0n) is 9.84. The van der Waals surface area contributed by atoms with Gasteiger partial charge >= 0.3 is 0 Å². The largest absolute Gasteiger partial charge is 0.294 e. The summed E-state index contributed by atoms with van der Waals surface area (Å²) in [6.45, 7) is 2.17. The van der Waals surface area contributed by atoms with E-state index in [2.05, 4.69) is 6.92 Å². The second kappa shape index (κ2) is 7.15. The van der Waals surface area contributed by atoms with E-state index in [1.54, 1.807) is 12.1 Å². The lowest BCUT2D eigenvalue weighted by molar-refractivity contribution is 0.0979. The third kappa shape index (κ3) is 4.56. The molecule has 0 spiro atoms. The van der Waals surface area contributed by atoms with Crippen LogP contribution in [0.3, 0.4) is 0 Å². The number of ketones is 1. The van der Waals surface area contributed by atoms with E-state index >= 15 is 0 Å². The Balaban J connectivity index is 2.27. The van der Waals surface area contributed by atoms with Crippen molar-refractivity contribution in [2.75, 3.05) is 0 Å². The van der Waals surface area contributed by atoms with Crippen LogP contribution in [0.4, 0.5) is 4.39 Å². The highest BCUT2D eigenvalue weighted by Crippen LogP contribution is 2.10. The maximum absolute atomic E-state index is 12.6. The van der Waals surface area contributed by atoms with Crippen molar-refractivity contribution in [3.05, 3.63) is 35.6 Å². The van der Waals surface area contributed by atoms with Gasteiger partial charge in [-0.05, 0) is 30.7 Å². The van der Waals surface area contributed by atoms with Gasteiger partial charge in [-0.1, -0.05) is 32.6 Å². The molecule has 0 aliphatic carbocycles. The molecule has 16 heavy (non-hydrogen) atoms. The van der Waals surface area contributed by atoms with Crippen molar-refractivity contribution in [2.24, 2.45) is 0 Å². The Hall–Kier alpha value is -1.18. The minimum atomic E-state index is -0.292. The number of hydrogen-bond acceptors (Lipinski definition) is 1. The third-order valence-electron chi connectivity index (χ3n) is 2.67. The molecule has 0 radical (unpaired) electrons. The monoisotopic (exact) mass is 222 g/mol. The molecule has 0 aromatic heterocycles. The maximum Gasteiger partial charge on any atom is 0.162 e. The Morgan fingerprint density at radius 1 is 1.06 bits per heavy atom. The normalized spacial score (nSPS) is 10.4. The lowest BCUT2D eigenvalue weighted by atomic mass is 10.0. The Kier molecular flexibility index (Phi) is 5.76. The summed E-state index contributed by atoms with van der Waals surface area (Å²) in [5.41, 5.74) is 0.622. The van der Waals surface area contributed by atoms with E-state index in [1.165, 1.54) is 31.4 Å². The van der Waals surface area contributed by atoms with Crippen LogP contribution < -0.4 is 0 Å². The number of rotatable bonds is 7. The minimum absolute atomic E-state index is 0.122. The van der Waals surface area contributed by atoms with Gasteiger partial charge < -0.3 is 0 Å². The molecule has 0 atom stereocenters. The highest BCUT2D eigenvalue weighted by atomic mass is 19.1. The first-order valence-electron chi connectivity index (χ1n) is 6.03. The van der Waals surface area contributed by atoms with Crippen molar-refractivity contribution in [2.45, 2.75) is 45.4 Å². The molecular weight excluding hydrogens is 203 g/mol. The molecule has 88 valence electrons. The van der Waals surface area contributed by atoms with E-state index in [4.69, 9.17) is 0 Å².